The van der Waals surface area contributed by atoms with Crippen LogP contribution >= 0.6 is 0 Å². The Labute approximate surface area is 150 Å². The van der Waals surface area contributed by atoms with E-state index < -0.39 is 12.2 Å². The van der Waals surface area contributed by atoms with Crippen LogP contribution in [0.5, 0.6) is 0 Å². The van der Waals surface area contributed by atoms with Gasteiger partial charge in [0, 0.05) is 6.61 Å². The molecular weight excluding hydrogens is 316 g/mol. The predicted octanol–water partition coefficient (Wildman–Crippen LogP) is 3.57. The maximum absolute atomic E-state index is 10.6. The van der Waals surface area contributed by atoms with E-state index in [1.165, 1.54) is 0 Å². The highest BCUT2D eigenvalue weighted by Crippen LogP contribution is 2.13. The smallest absolute Gasteiger partial charge is 0.110 e. The van der Waals surface area contributed by atoms with Crippen molar-refractivity contribution < 1.29 is 19.3 Å². The molecule has 0 bridgehead atoms. The first-order valence-electron chi connectivity index (χ1n) is 8.77. The Hall–Kier alpha value is -1.72. The summed E-state index contributed by atoms with van der Waals surface area (Å²) in [6, 6.07) is 19.9. The number of hydrogen-bond donors (Lipinski definition) is 1. The molecule has 0 saturated carbocycles. The third-order valence-electron chi connectivity index (χ3n) is 3.99. The van der Waals surface area contributed by atoms with Crippen LogP contribution in [0.1, 0.15) is 25.0 Å². The molecule has 136 valence electrons. The van der Waals surface area contributed by atoms with Crippen LogP contribution in [0.25, 0.3) is 0 Å². The SMILES string of the molecule is CCOC(C)C(O)[C@@H](COCc1ccccc1)OCc1ccccc1. The molecule has 0 amide bonds. The molecule has 0 aliphatic heterocycles. The number of benzene rings is 2. The number of aliphatic hydroxyl groups is 1. The van der Waals surface area contributed by atoms with Crippen LogP contribution in [0.2, 0.25) is 0 Å². The minimum Gasteiger partial charge on any atom is -0.388 e. The van der Waals surface area contributed by atoms with Gasteiger partial charge in [0.2, 0.25) is 0 Å². The van der Waals surface area contributed by atoms with Gasteiger partial charge in [-0.15, -0.1) is 0 Å². The number of ether oxygens (including phenoxy) is 3. The summed E-state index contributed by atoms with van der Waals surface area (Å²) in [5.41, 5.74) is 2.16. The van der Waals surface area contributed by atoms with E-state index in [1.807, 2.05) is 74.5 Å². The summed E-state index contributed by atoms with van der Waals surface area (Å²) in [7, 11) is 0. The van der Waals surface area contributed by atoms with Crippen molar-refractivity contribution in [3.8, 4) is 0 Å². The lowest BCUT2D eigenvalue weighted by Crippen LogP contribution is -2.41. The van der Waals surface area contributed by atoms with Crippen LogP contribution in [0, 0.1) is 0 Å². The molecule has 0 aliphatic rings. The molecule has 0 heterocycles. The van der Waals surface area contributed by atoms with Crippen molar-refractivity contribution >= 4 is 0 Å². The van der Waals surface area contributed by atoms with Gasteiger partial charge in [-0.1, -0.05) is 60.7 Å². The largest absolute Gasteiger partial charge is 0.388 e. The molecule has 0 radical (unpaired) electrons. The van der Waals surface area contributed by atoms with Crippen LogP contribution in [0.15, 0.2) is 60.7 Å². The highest BCUT2D eigenvalue weighted by molar-refractivity contribution is 5.14. The predicted molar refractivity (Wildman–Crippen MR) is 98.2 cm³/mol. The third kappa shape index (κ3) is 6.96. The molecule has 4 nitrogen and oxygen atoms in total. The fourth-order valence-corrected chi connectivity index (χ4v) is 2.55. The van der Waals surface area contributed by atoms with Crippen molar-refractivity contribution in [2.24, 2.45) is 0 Å². The second-order valence-electron chi connectivity index (χ2n) is 5.99. The third-order valence-corrected chi connectivity index (χ3v) is 3.99. The Kier molecular flexibility index (Phi) is 8.63. The highest BCUT2D eigenvalue weighted by atomic mass is 16.5. The summed E-state index contributed by atoms with van der Waals surface area (Å²) in [5.74, 6) is 0. The van der Waals surface area contributed by atoms with Gasteiger partial charge >= 0.3 is 0 Å². The normalized spacial score (nSPS) is 14.8. The maximum Gasteiger partial charge on any atom is 0.110 e. The zero-order valence-electron chi connectivity index (χ0n) is 15.0. The molecule has 0 fully saturated rings. The lowest BCUT2D eigenvalue weighted by molar-refractivity contribution is -0.132. The van der Waals surface area contributed by atoms with Crippen molar-refractivity contribution in [1.82, 2.24) is 0 Å². The van der Waals surface area contributed by atoms with E-state index >= 15 is 0 Å². The van der Waals surface area contributed by atoms with Crippen molar-refractivity contribution in [1.29, 1.82) is 0 Å². The van der Waals surface area contributed by atoms with Crippen LogP contribution in [0.4, 0.5) is 0 Å². The van der Waals surface area contributed by atoms with Crippen molar-refractivity contribution in [2.75, 3.05) is 13.2 Å². The highest BCUT2D eigenvalue weighted by Gasteiger charge is 2.26. The first-order valence-corrected chi connectivity index (χ1v) is 8.77. The monoisotopic (exact) mass is 344 g/mol. The first-order chi connectivity index (χ1) is 12.2. The fraction of sp³-hybridized carbons (Fsp3) is 0.429. The van der Waals surface area contributed by atoms with E-state index in [2.05, 4.69) is 0 Å². The van der Waals surface area contributed by atoms with Crippen molar-refractivity contribution in [3.05, 3.63) is 71.8 Å². The molecule has 0 aliphatic carbocycles. The topological polar surface area (TPSA) is 47.9 Å². The minimum atomic E-state index is -0.751. The van der Waals surface area contributed by atoms with E-state index in [-0.39, 0.29) is 6.10 Å². The Morgan fingerprint density at radius 2 is 1.40 bits per heavy atom. The van der Waals surface area contributed by atoms with Gasteiger partial charge in [0.05, 0.1) is 25.9 Å². The van der Waals surface area contributed by atoms with Crippen LogP contribution in [-0.4, -0.2) is 36.6 Å². The van der Waals surface area contributed by atoms with Crippen molar-refractivity contribution in [2.45, 2.75) is 45.4 Å². The van der Waals surface area contributed by atoms with Gasteiger partial charge in [-0.3, -0.25) is 0 Å². The van der Waals surface area contributed by atoms with Gasteiger partial charge in [0.1, 0.15) is 12.2 Å². The molecule has 1 N–H and O–H groups in total. The lowest BCUT2D eigenvalue weighted by Gasteiger charge is -2.27. The summed E-state index contributed by atoms with van der Waals surface area (Å²) in [4.78, 5) is 0. The molecule has 4 heteroatoms. The number of aliphatic hydroxyl groups excluding tert-OH is 1. The van der Waals surface area contributed by atoms with Crippen LogP contribution < -0.4 is 0 Å². The van der Waals surface area contributed by atoms with E-state index in [0.29, 0.717) is 26.4 Å². The Morgan fingerprint density at radius 1 is 0.840 bits per heavy atom. The summed E-state index contributed by atoms with van der Waals surface area (Å²) >= 11 is 0. The molecule has 0 aromatic heterocycles. The maximum atomic E-state index is 10.6. The van der Waals surface area contributed by atoms with Gasteiger partial charge in [-0.2, -0.15) is 0 Å². The second-order valence-corrected chi connectivity index (χ2v) is 5.99. The molecule has 2 aromatic carbocycles. The summed E-state index contributed by atoms with van der Waals surface area (Å²) in [5, 5.41) is 10.6. The molecule has 0 saturated heterocycles. The zero-order valence-corrected chi connectivity index (χ0v) is 15.0. The zero-order chi connectivity index (χ0) is 17.9. The number of hydrogen-bond acceptors (Lipinski definition) is 4. The summed E-state index contributed by atoms with van der Waals surface area (Å²) in [6.45, 7) is 5.53. The minimum absolute atomic E-state index is 0.306. The van der Waals surface area contributed by atoms with Gasteiger partial charge < -0.3 is 19.3 Å². The molecule has 2 rings (SSSR count). The fourth-order valence-electron chi connectivity index (χ4n) is 2.55. The Balaban J connectivity index is 1.90. The standard InChI is InChI=1S/C21H28O4/c1-3-24-17(2)21(22)20(25-15-19-12-8-5-9-13-19)16-23-14-18-10-6-4-7-11-18/h4-13,17,20-22H,3,14-16H2,1-2H3/t17?,20-,21?/m1/s1. The van der Waals surface area contributed by atoms with E-state index in [1.54, 1.807) is 0 Å². The van der Waals surface area contributed by atoms with Crippen LogP contribution in [0.3, 0.4) is 0 Å². The quantitative estimate of drug-likeness (QED) is 0.677. The van der Waals surface area contributed by atoms with Gasteiger partial charge in [0.25, 0.3) is 0 Å². The molecular formula is C21H28O4. The van der Waals surface area contributed by atoms with Crippen molar-refractivity contribution in [3.63, 3.8) is 0 Å². The second kappa shape index (κ2) is 11.0. The van der Waals surface area contributed by atoms with Gasteiger partial charge in [0.15, 0.2) is 0 Å². The molecule has 0 spiro atoms. The molecule has 3 atom stereocenters. The lowest BCUT2D eigenvalue weighted by atomic mass is 10.1. The first kappa shape index (κ1) is 19.6. The summed E-state index contributed by atoms with van der Waals surface area (Å²) < 4.78 is 17.2. The van der Waals surface area contributed by atoms with Gasteiger partial charge in [-0.25, -0.2) is 0 Å². The van der Waals surface area contributed by atoms with Gasteiger partial charge in [-0.05, 0) is 25.0 Å². The molecule has 25 heavy (non-hydrogen) atoms. The summed E-state index contributed by atoms with van der Waals surface area (Å²) in [6.07, 6.45) is -1.52. The van der Waals surface area contributed by atoms with E-state index in [9.17, 15) is 5.11 Å². The molecule has 2 unspecified atom stereocenters. The Bertz CT molecular complexity index is 573. The van der Waals surface area contributed by atoms with Crippen LogP contribution in [-0.2, 0) is 27.4 Å². The number of rotatable bonds is 11. The average Bonchev–Trinajstić information content (AvgIpc) is 2.66. The Morgan fingerprint density at radius 3 is 1.96 bits per heavy atom. The average molecular weight is 344 g/mol. The van der Waals surface area contributed by atoms with E-state index in [0.717, 1.165) is 11.1 Å². The van der Waals surface area contributed by atoms with E-state index in [4.69, 9.17) is 14.2 Å². The molecule has 2 aromatic rings.